The van der Waals surface area contributed by atoms with Crippen LogP contribution in [-0.2, 0) is 20.9 Å². The number of nitrogens with zero attached hydrogens (tertiary/aromatic N) is 6. The summed E-state index contributed by atoms with van der Waals surface area (Å²) >= 11 is 0.695. The standard InChI is InChI=1S/C21H24N6O5S/c1-3-11-32-19(30)14-25-20(22-23-24-25)33-21(31)27-10-5-4-9-26(27)18(29)13-17(28)16-8-6-7-15(2)12-16/h3,6-8,12H,1,4-5,9-11,13-14H2,2H3. The molecule has 2 heterocycles. The van der Waals surface area contributed by atoms with Crippen molar-refractivity contribution in [2.24, 2.45) is 0 Å². The second-order valence-electron chi connectivity index (χ2n) is 7.28. The average Bonchev–Trinajstić information content (AvgIpc) is 3.23. The number of hydrogen-bond donors (Lipinski definition) is 0. The highest BCUT2D eigenvalue weighted by molar-refractivity contribution is 8.13. The summed E-state index contributed by atoms with van der Waals surface area (Å²) in [5, 5.41) is 13.2. The van der Waals surface area contributed by atoms with Crippen molar-refractivity contribution in [3.8, 4) is 0 Å². The third-order valence-corrected chi connectivity index (χ3v) is 5.61. The van der Waals surface area contributed by atoms with Crippen molar-refractivity contribution in [3.63, 3.8) is 0 Å². The van der Waals surface area contributed by atoms with E-state index in [1.807, 2.05) is 13.0 Å². The Bertz CT molecular complexity index is 1060. The van der Waals surface area contributed by atoms with Gasteiger partial charge in [-0.3, -0.25) is 24.2 Å². The van der Waals surface area contributed by atoms with E-state index in [2.05, 4.69) is 22.1 Å². The Labute approximate surface area is 194 Å². The Hall–Kier alpha value is -3.54. The number of esters is 1. The van der Waals surface area contributed by atoms with E-state index in [0.717, 1.165) is 10.2 Å². The molecule has 2 aromatic rings. The molecule has 1 aromatic heterocycles. The van der Waals surface area contributed by atoms with Crippen molar-refractivity contribution in [2.75, 3.05) is 19.7 Å². The van der Waals surface area contributed by atoms with Crippen LogP contribution in [0.4, 0.5) is 4.79 Å². The molecule has 0 aliphatic carbocycles. The third-order valence-electron chi connectivity index (χ3n) is 4.75. The molecule has 1 fully saturated rings. The number of ketones is 1. The van der Waals surface area contributed by atoms with Gasteiger partial charge in [0.25, 0.3) is 0 Å². The van der Waals surface area contributed by atoms with E-state index in [9.17, 15) is 19.2 Å². The predicted molar refractivity (Wildman–Crippen MR) is 118 cm³/mol. The second kappa shape index (κ2) is 11.4. The van der Waals surface area contributed by atoms with Gasteiger partial charge in [-0.15, -0.1) is 5.10 Å². The third kappa shape index (κ3) is 6.48. The minimum atomic E-state index is -0.582. The number of aryl methyl sites for hydroxylation is 1. The topological polar surface area (TPSA) is 128 Å². The number of hydrazine groups is 1. The molecule has 12 heteroatoms. The minimum absolute atomic E-state index is 0.0501. The van der Waals surface area contributed by atoms with E-state index in [1.165, 1.54) is 16.1 Å². The summed E-state index contributed by atoms with van der Waals surface area (Å²) < 4.78 is 6.05. The van der Waals surface area contributed by atoms with Crippen LogP contribution in [0.2, 0.25) is 0 Å². The molecule has 33 heavy (non-hydrogen) atoms. The van der Waals surface area contributed by atoms with Gasteiger partial charge in [0.05, 0.1) is 6.42 Å². The number of aromatic nitrogens is 4. The summed E-state index contributed by atoms with van der Waals surface area (Å²) in [5.41, 5.74) is 1.38. The number of amides is 2. The number of hydrogen-bond acceptors (Lipinski definition) is 9. The van der Waals surface area contributed by atoms with Gasteiger partial charge in [-0.2, -0.15) is 0 Å². The van der Waals surface area contributed by atoms with E-state index in [-0.39, 0.29) is 30.5 Å². The van der Waals surface area contributed by atoms with E-state index >= 15 is 0 Å². The Balaban J connectivity index is 1.65. The fourth-order valence-electron chi connectivity index (χ4n) is 3.18. The lowest BCUT2D eigenvalue weighted by molar-refractivity contribution is -0.145. The van der Waals surface area contributed by atoms with Crippen LogP contribution in [-0.4, -0.2) is 72.8 Å². The van der Waals surface area contributed by atoms with Crippen LogP contribution < -0.4 is 0 Å². The monoisotopic (exact) mass is 472 g/mol. The predicted octanol–water partition coefficient (Wildman–Crippen LogP) is 2.04. The van der Waals surface area contributed by atoms with Gasteiger partial charge in [0, 0.05) is 30.4 Å². The molecule has 3 rings (SSSR count). The molecule has 0 spiro atoms. The molecule has 1 aliphatic rings. The molecular weight excluding hydrogens is 448 g/mol. The van der Waals surface area contributed by atoms with Gasteiger partial charge in [-0.25, -0.2) is 9.69 Å². The van der Waals surface area contributed by atoms with E-state index in [4.69, 9.17) is 4.74 Å². The molecule has 0 saturated carbocycles. The normalized spacial score (nSPS) is 13.5. The maximum absolute atomic E-state index is 13.0. The van der Waals surface area contributed by atoms with E-state index < -0.39 is 17.1 Å². The van der Waals surface area contributed by atoms with Crippen molar-refractivity contribution in [2.45, 2.75) is 37.9 Å². The number of carbonyl (C=O) groups is 4. The van der Waals surface area contributed by atoms with Gasteiger partial charge in [-0.05, 0) is 36.3 Å². The number of benzene rings is 1. The fourth-order valence-corrected chi connectivity index (χ4v) is 3.92. The summed E-state index contributed by atoms with van der Waals surface area (Å²) in [6, 6.07) is 7.02. The SMILES string of the molecule is C=CCOC(=O)Cn1nnnc1SC(=O)N1CCCCN1C(=O)CC(=O)c1cccc(C)c1. The first-order valence-electron chi connectivity index (χ1n) is 10.3. The van der Waals surface area contributed by atoms with Gasteiger partial charge in [0.15, 0.2) is 5.78 Å². The van der Waals surface area contributed by atoms with Gasteiger partial charge in [0.2, 0.25) is 11.1 Å². The first-order chi connectivity index (χ1) is 15.9. The molecule has 1 saturated heterocycles. The quantitative estimate of drug-likeness (QED) is 0.186. The summed E-state index contributed by atoms with van der Waals surface area (Å²) in [6.45, 7) is 5.75. The number of tetrazole rings is 1. The molecule has 174 valence electrons. The first-order valence-corrected chi connectivity index (χ1v) is 11.1. The smallest absolute Gasteiger partial charge is 0.328 e. The Morgan fingerprint density at radius 3 is 2.67 bits per heavy atom. The van der Waals surface area contributed by atoms with E-state index in [1.54, 1.807) is 18.2 Å². The van der Waals surface area contributed by atoms with Gasteiger partial charge >= 0.3 is 11.2 Å². The molecule has 0 unspecified atom stereocenters. The van der Waals surface area contributed by atoms with Gasteiger partial charge in [-0.1, -0.05) is 36.4 Å². The maximum atomic E-state index is 13.0. The zero-order chi connectivity index (χ0) is 23.8. The lowest BCUT2D eigenvalue weighted by atomic mass is 10.1. The highest BCUT2D eigenvalue weighted by Crippen LogP contribution is 2.23. The Kier molecular flexibility index (Phi) is 8.30. The van der Waals surface area contributed by atoms with Crippen LogP contribution in [0, 0.1) is 6.92 Å². The zero-order valence-electron chi connectivity index (χ0n) is 18.2. The lowest BCUT2D eigenvalue weighted by Crippen LogP contribution is -2.52. The molecule has 1 aromatic carbocycles. The lowest BCUT2D eigenvalue weighted by Gasteiger charge is -2.37. The molecule has 1 aliphatic heterocycles. The van der Waals surface area contributed by atoms with Crippen LogP contribution in [0.5, 0.6) is 0 Å². The van der Waals surface area contributed by atoms with Crippen LogP contribution in [0.1, 0.15) is 35.2 Å². The summed E-state index contributed by atoms with van der Waals surface area (Å²) in [7, 11) is 0. The maximum Gasteiger partial charge on any atom is 0.328 e. The first kappa shape index (κ1) is 24.1. The summed E-state index contributed by atoms with van der Waals surface area (Å²) in [4.78, 5) is 50.2. The highest BCUT2D eigenvalue weighted by atomic mass is 32.2. The number of ether oxygens (including phenoxy) is 1. The molecule has 0 N–H and O–H groups in total. The number of Topliss-reactive ketones (excluding diaryl/α,β-unsaturated/α-hetero) is 1. The van der Waals surface area contributed by atoms with Crippen molar-refractivity contribution < 1.29 is 23.9 Å². The van der Waals surface area contributed by atoms with Crippen molar-refractivity contribution in [3.05, 3.63) is 48.0 Å². The largest absolute Gasteiger partial charge is 0.460 e. The minimum Gasteiger partial charge on any atom is -0.460 e. The van der Waals surface area contributed by atoms with Crippen molar-refractivity contribution in [1.29, 1.82) is 0 Å². The van der Waals surface area contributed by atoms with Crippen molar-refractivity contribution in [1.82, 2.24) is 30.2 Å². The molecule has 0 radical (unpaired) electrons. The molecule has 0 bridgehead atoms. The summed E-state index contributed by atoms with van der Waals surface area (Å²) in [6.07, 6.45) is 2.51. The molecule has 2 amide bonds. The molecule has 0 atom stereocenters. The average molecular weight is 473 g/mol. The molecular formula is C21H24N6O5S. The van der Waals surface area contributed by atoms with Crippen LogP contribution in [0.3, 0.4) is 0 Å². The van der Waals surface area contributed by atoms with Crippen LogP contribution >= 0.6 is 11.8 Å². The Morgan fingerprint density at radius 1 is 1.18 bits per heavy atom. The zero-order valence-corrected chi connectivity index (χ0v) is 19.0. The fraction of sp³-hybridized carbons (Fsp3) is 0.381. The van der Waals surface area contributed by atoms with Crippen molar-refractivity contribution >= 4 is 34.7 Å². The van der Waals surface area contributed by atoms with E-state index in [0.29, 0.717) is 43.3 Å². The van der Waals surface area contributed by atoms with Gasteiger partial charge in [0.1, 0.15) is 13.2 Å². The van der Waals surface area contributed by atoms with Gasteiger partial charge < -0.3 is 4.74 Å². The number of carbonyl (C=O) groups excluding carboxylic acids is 4. The molecule has 11 nitrogen and oxygen atoms in total. The summed E-state index contributed by atoms with van der Waals surface area (Å²) in [5.74, 6) is -1.35. The second-order valence-corrected chi connectivity index (χ2v) is 8.19. The Morgan fingerprint density at radius 2 is 1.94 bits per heavy atom. The van der Waals surface area contributed by atoms with Crippen LogP contribution in [0.15, 0.2) is 42.1 Å². The number of rotatable bonds is 8. The van der Waals surface area contributed by atoms with Crippen LogP contribution in [0.25, 0.3) is 0 Å². The highest BCUT2D eigenvalue weighted by Gasteiger charge is 2.31. The number of thioether (sulfide) groups is 1.